The number of amides is 2. The third-order valence-electron chi connectivity index (χ3n) is 13.2. The molecule has 5 aromatic rings. The first kappa shape index (κ1) is 44.2. The quantitative estimate of drug-likeness (QED) is 0.144. The third kappa shape index (κ3) is 8.74. The zero-order chi connectivity index (χ0) is 46.6. The minimum absolute atomic E-state index is 0.0167. The third-order valence-corrected chi connectivity index (χ3v) is 14.7. The number of carbonyl (C=O) groups is 2. The molecule has 3 aromatic carbocycles. The number of nitriles is 1. The maximum atomic E-state index is 15.2. The number of nitrogens with one attached hydrogen (secondary N) is 3. The van der Waals surface area contributed by atoms with E-state index in [4.69, 9.17) is 14.7 Å². The summed E-state index contributed by atoms with van der Waals surface area (Å²) in [6, 6.07) is 12.4. The van der Waals surface area contributed by atoms with Gasteiger partial charge in [-0.25, -0.2) is 28.1 Å². The van der Waals surface area contributed by atoms with E-state index < -0.39 is 51.0 Å². The van der Waals surface area contributed by atoms with Crippen molar-refractivity contribution in [2.75, 3.05) is 73.8 Å². The average Bonchev–Trinajstić information content (AvgIpc) is 3.99. The molecule has 1 saturated carbocycles. The number of benzene rings is 3. The number of ether oxygens (including phenoxy) is 1. The number of fused-ring (bicyclic) bond motifs is 1. The summed E-state index contributed by atoms with van der Waals surface area (Å²) in [6.45, 7) is 5.38. The number of hydrogen-bond acceptors (Lipinski definition) is 14. The summed E-state index contributed by atoms with van der Waals surface area (Å²) < 4.78 is 80.2. The lowest BCUT2D eigenvalue weighted by Crippen LogP contribution is -2.56. The zero-order valence-corrected chi connectivity index (χ0v) is 36.8. The Labute approximate surface area is 382 Å². The van der Waals surface area contributed by atoms with E-state index in [1.807, 2.05) is 4.90 Å². The van der Waals surface area contributed by atoms with Crippen LogP contribution < -0.4 is 30.6 Å². The SMILES string of the molecule is N#Cc1c(NS(=O)(=O)N2CC[C@@H](F)C2)ccc(F)c1Oc1ccc2ncn(-c3cnc(C4(N5CCN(CC6CN(c7ccc(NC8CCC(=O)NC8=O)cc7F)C6)CC5)CC4)nc3)c(=O)c2c1. The maximum absolute atomic E-state index is 15.2. The van der Waals surface area contributed by atoms with Gasteiger partial charge in [-0.15, -0.1) is 0 Å². The molecule has 22 heteroatoms. The average molecular weight is 939 g/mol. The molecule has 10 rings (SSSR count). The highest BCUT2D eigenvalue weighted by molar-refractivity contribution is 7.90. The van der Waals surface area contributed by atoms with Crippen LogP contribution in [0.25, 0.3) is 16.6 Å². The van der Waals surface area contributed by atoms with Crippen LogP contribution in [0.1, 0.15) is 43.5 Å². The highest BCUT2D eigenvalue weighted by Gasteiger charge is 2.52. The van der Waals surface area contributed by atoms with Gasteiger partial charge in [-0.3, -0.25) is 33.9 Å². The predicted octanol–water partition coefficient (Wildman–Crippen LogP) is 3.78. The van der Waals surface area contributed by atoms with E-state index >= 15 is 8.78 Å². The molecule has 67 heavy (non-hydrogen) atoms. The number of carbonyl (C=O) groups excluding carboxylic acids is 2. The second kappa shape index (κ2) is 17.5. The minimum atomic E-state index is -4.25. The molecule has 0 spiro atoms. The lowest BCUT2D eigenvalue weighted by Gasteiger charge is -2.45. The van der Waals surface area contributed by atoms with E-state index in [2.05, 4.69) is 30.1 Å². The highest BCUT2D eigenvalue weighted by Crippen LogP contribution is 2.50. The van der Waals surface area contributed by atoms with Crippen molar-refractivity contribution in [3.8, 4) is 23.3 Å². The number of aromatic nitrogens is 4. The van der Waals surface area contributed by atoms with Gasteiger partial charge in [-0.2, -0.15) is 18.0 Å². The van der Waals surface area contributed by atoms with Crippen molar-refractivity contribution in [3.05, 3.63) is 101 Å². The van der Waals surface area contributed by atoms with Crippen molar-refractivity contribution >= 4 is 50.0 Å². The van der Waals surface area contributed by atoms with Gasteiger partial charge in [0.25, 0.3) is 5.56 Å². The van der Waals surface area contributed by atoms with Crippen molar-refractivity contribution in [2.45, 2.75) is 49.9 Å². The van der Waals surface area contributed by atoms with E-state index in [0.717, 1.165) is 75.1 Å². The van der Waals surface area contributed by atoms with Crippen LogP contribution in [0.2, 0.25) is 0 Å². The highest BCUT2D eigenvalue weighted by atomic mass is 32.2. The monoisotopic (exact) mass is 938 g/mol. The van der Waals surface area contributed by atoms with E-state index in [1.54, 1.807) is 30.6 Å². The number of hydrogen-bond donors (Lipinski definition) is 3. The lowest BCUT2D eigenvalue weighted by molar-refractivity contribution is -0.133. The molecule has 1 unspecified atom stereocenters. The van der Waals surface area contributed by atoms with Crippen LogP contribution in [0.15, 0.2) is 72.0 Å². The fraction of sp³-hybridized carbons (Fsp3) is 0.400. The van der Waals surface area contributed by atoms with Crippen LogP contribution in [0, 0.1) is 28.9 Å². The Morgan fingerprint density at radius 2 is 1.69 bits per heavy atom. The van der Waals surface area contributed by atoms with Gasteiger partial charge >= 0.3 is 10.2 Å². The van der Waals surface area contributed by atoms with Gasteiger partial charge in [-0.05, 0) is 74.2 Å². The van der Waals surface area contributed by atoms with Crippen LogP contribution >= 0.6 is 0 Å². The summed E-state index contributed by atoms with van der Waals surface area (Å²) in [4.78, 5) is 58.2. The van der Waals surface area contributed by atoms with Crippen molar-refractivity contribution < 1.29 is 35.9 Å². The second-order valence-corrected chi connectivity index (χ2v) is 19.3. The summed E-state index contributed by atoms with van der Waals surface area (Å²) in [5.41, 5.74) is 0.221. The normalized spacial score (nSPS) is 21.4. The number of rotatable bonds is 13. The number of nitrogens with zero attached hydrogens (tertiary/aromatic N) is 9. The van der Waals surface area contributed by atoms with Gasteiger partial charge in [0.2, 0.25) is 11.8 Å². The lowest BCUT2D eigenvalue weighted by atomic mass is 9.97. The molecule has 2 aromatic heterocycles. The van der Waals surface area contributed by atoms with Gasteiger partial charge in [0.15, 0.2) is 11.6 Å². The molecule has 6 heterocycles. The Morgan fingerprint density at radius 3 is 2.37 bits per heavy atom. The van der Waals surface area contributed by atoms with E-state index in [1.165, 1.54) is 35.2 Å². The molecule has 18 nitrogen and oxygen atoms in total. The van der Waals surface area contributed by atoms with Crippen molar-refractivity contribution in [1.29, 1.82) is 5.26 Å². The molecule has 0 radical (unpaired) electrons. The maximum Gasteiger partial charge on any atom is 0.301 e. The molecular weight excluding hydrogens is 894 g/mol. The van der Waals surface area contributed by atoms with Crippen molar-refractivity contribution in [2.24, 2.45) is 5.92 Å². The van der Waals surface area contributed by atoms with Gasteiger partial charge in [0.1, 0.15) is 47.6 Å². The molecule has 4 aliphatic heterocycles. The van der Waals surface area contributed by atoms with E-state index in [-0.39, 0.29) is 60.0 Å². The van der Waals surface area contributed by atoms with Crippen LogP contribution in [0.5, 0.6) is 11.5 Å². The molecule has 2 amide bonds. The Bertz CT molecular complexity index is 2990. The molecule has 1 aliphatic carbocycles. The Morgan fingerprint density at radius 1 is 0.910 bits per heavy atom. The molecule has 2 atom stereocenters. The van der Waals surface area contributed by atoms with Gasteiger partial charge in [0, 0.05) is 76.9 Å². The Hall–Kier alpha value is -6.67. The largest absolute Gasteiger partial charge is 0.453 e. The standard InChI is InChI=1S/C45H45F3N12O6S/c46-28-9-12-59(25-28)67(64,65)55-37-5-3-34(47)41(33(37)19-49)66-31-2-4-36-32(18-31)43(63)60(26-52-36)30-20-50-44(51-21-30)45(10-11-45)58-15-13-56(14-16-58)22-27-23-57(24-27)39-7-1-29(17-35(39)48)53-38-6-8-40(61)54-42(38)62/h1-5,7,17-18,20-21,26-28,38,53,55H,6,8-16,22-25H2,(H,54,61,62)/t28-,38?/m1/s1. The Balaban J connectivity index is 0.752. The molecule has 4 saturated heterocycles. The first-order valence-corrected chi connectivity index (χ1v) is 23.5. The number of imide groups is 1. The summed E-state index contributed by atoms with van der Waals surface area (Å²) in [7, 11) is -4.25. The fourth-order valence-corrected chi connectivity index (χ4v) is 10.7. The van der Waals surface area contributed by atoms with Gasteiger partial charge in [0.05, 0.1) is 45.9 Å². The van der Waals surface area contributed by atoms with Crippen LogP contribution in [0.3, 0.4) is 0 Å². The smallest absolute Gasteiger partial charge is 0.301 e. The molecule has 0 bridgehead atoms. The van der Waals surface area contributed by atoms with Gasteiger partial charge < -0.3 is 19.9 Å². The second-order valence-electron chi connectivity index (χ2n) is 17.6. The summed E-state index contributed by atoms with van der Waals surface area (Å²) in [5, 5.41) is 15.4. The van der Waals surface area contributed by atoms with Crippen molar-refractivity contribution in [1.82, 2.24) is 38.9 Å². The molecule has 5 fully saturated rings. The Kier molecular flexibility index (Phi) is 11.6. The predicted molar refractivity (Wildman–Crippen MR) is 239 cm³/mol. The minimum Gasteiger partial charge on any atom is -0.453 e. The molecule has 5 aliphatic rings. The summed E-state index contributed by atoms with van der Waals surface area (Å²) in [5.74, 6) is -1.54. The molecular formula is C45H45F3N12O6S. The van der Waals surface area contributed by atoms with E-state index in [9.17, 15) is 32.5 Å². The summed E-state index contributed by atoms with van der Waals surface area (Å²) >= 11 is 0. The number of halogens is 3. The first-order chi connectivity index (χ1) is 32.3. The van der Waals surface area contributed by atoms with Crippen LogP contribution in [0.4, 0.5) is 30.2 Å². The van der Waals surface area contributed by atoms with Crippen LogP contribution in [-0.4, -0.2) is 125 Å². The summed E-state index contributed by atoms with van der Waals surface area (Å²) in [6.07, 6.45) is 5.64. The zero-order valence-electron chi connectivity index (χ0n) is 36.0. The van der Waals surface area contributed by atoms with Gasteiger partial charge in [-0.1, -0.05) is 0 Å². The molecule has 348 valence electrons. The van der Waals surface area contributed by atoms with E-state index in [0.29, 0.717) is 40.7 Å². The first-order valence-electron chi connectivity index (χ1n) is 22.1. The van der Waals surface area contributed by atoms with Crippen molar-refractivity contribution in [3.63, 3.8) is 0 Å². The van der Waals surface area contributed by atoms with Crippen LogP contribution in [-0.2, 0) is 25.3 Å². The molecule has 3 N–H and O–H groups in total. The number of piperidine rings is 1. The fourth-order valence-electron chi connectivity index (χ4n) is 9.41. The number of piperazine rings is 1. The number of anilines is 3. The number of alkyl halides is 1. The topological polar surface area (TPSA) is 211 Å².